The van der Waals surface area contributed by atoms with Crippen LogP contribution in [0.15, 0.2) is 30.5 Å². The Morgan fingerprint density at radius 3 is 2.27 bits per heavy atom. The van der Waals surface area contributed by atoms with E-state index in [1.807, 2.05) is 0 Å². The van der Waals surface area contributed by atoms with Crippen LogP contribution in [0.5, 0.6) is 0 Å². The Morgan fingerprint density at radius 2 is 1.73 bits per heavy atom. The van der Waals surface area contributed by atoms with Gasteiger partial charge in [-0.2, -0.15) is 0 Å². The molecule has 0 aliphatic heterocycles. The number of allylic oxidation sites excluding steroid dienone is 1. The molecule has 0 saturated carbocycles. The summed E-state index contributed by atoms with van der Waals surface area (Å²) in [4.78, 5) is 2.07. The summed E-state index contributed by atoms with van der Waals surface area (Å²) in [5, 5.41) is 0. The van der Waals surface area contributed by atoms with Crippen LogP contribution in [-0.2, 0) is 6.42 Å². The zero-order chi connectivity index (χ0) is 11.3. The summed E-state index contributed by atoms with van der Waals surface area (Å²) in [5.41, 5.74) is 4.32. The first-order valence-electron chi connectivity index (χ1n) is 5.49. The van der Waals surface area contributed by atoms with E-state index in [1.165, 1.54) is 16.7 Å². The van der Waals surface area contributed by atoms with Crippen molar-refractivity contribution in [3.8, 4) is 0 Å². The second-order valence-electron chi connectivity index (χ2n) is 4.26. The largest absolute Gasteiger partial charge is 0.384 e. The van der Waals surface area contributed by atoms with Crippen molar-refractivity contribution in [1.82, 2.24) is 4.90 Å². The van der Waals surface area contributed by atoms with E-state index in [0.29, 0.717) is 0 Å². The van der Waals surface area contributed by atoms with Crippen LogP contribution >= 0.6 is 0 Å². The molecule has 0 aliphatic carbocycles. The van der Waals surface area contributed by atoms with Gasteiger partial charge in [0.25, 0.3) is 0 Å². The molecule has 0 heterocycles. The monoisotopic (exact) mass is 203 g/mol. The lowest BCUT2D eigenvalue weighted by Gasteiger charge is -2.08. The second kappa shape index (κ2) is 5.59. The third-order valence-electron chi connectivity index (χ3n) is 2.61. The predicted molar refractivity (Wildman–Crippen MR) is 67.1 cm³/mol. The summed E-state index contributed by atoms with van der Waals surface area (Å²) in [5.74, 6) is 0. The SMILES string of the molecule is Cc1cccc(C)c1CC/C=C/N(C)C. The van der Waals surface area contributed by atoms with Gasteiger partial charge in [0, 0.05) is 14.1 Å². The minimum Gasteiger partial charge on any atom is -0.384 e. The minimum absolute atomic E-state index is 1.11. The molecule has 1 nitrogen and oxygen atoms in total. The molecular weight excluding hydrogens is 182 g/mol. The van der Waals surface area contributed by atoms with E-state index in [9.17, 15) is 0 Å². The molecule has 1 rings (SSSR count). The first-order chi connectivity index (χ1) is 7.11. The molecule has 82 valence electrons. The molecule has 0 aliphatic rings. The molecule has 0 aromatic heterocycles. The summed E-state index contributed by atoms with van der Waals surface area (Å²) < 4.78 is 0. The molecule has 15 heavy (non-hydrogen) atoms. The van der Waals surface area contributed by atoms with Gasteiger partial charge < -0.3 is 4.90 Å². The van der Waals surface area contributed by atoms with Crippen LogP contribution < -0.4 is 0 Å². The van der Waals surface area contributed by atoms with Gasteiger partial charge in [0.15, 0.2) is 0 Å². The molecule has 1 aromatic rings. The van der Waals surface area contributed by atoms with E-state index >= 15 is 0 Å². The Kier molecular flexibility index (Phi) is 4.41. The fourth-order valence-corrected chi connectivity index (χ4v) is 1.76. The maximum absolute atomic E-state index is 2.23. The van der Waals surface area contributed by atoms with Gasteiger partial charge in [0.05, 0.1) is 0 Å². The third-order valence-corrected chi connectivity index (χ3v) is 2.61. The fourth-order valence-electron chi connectivity index (χ4n) is 1.76. The molecule has 1 aromatic carbocycles. The van der Waals surface area contributed by atoms with Crippen molar-refractivity contribution in [2.24, 2.45) is 0 Å². The normalized spacial score (nSPS) is 10.9. The zero-order valence-corrected chi connectivity index (χ0v) is 10.2. The first-order valence-corrected chi connectivity index (χ1v) is 5.49. The minimum atomic E-state index is 1.11. The van der Waals surface area contributed by atoms with E-state index in [0.717, 1.165) is 12.8 Å². The summed E-state index contributed by atoms with van der Waals surface area (Å²) in [7, 11) is 4.10. The lowest BCUT2D eigenvalue weighted by Crippen LogP contribution is -2.00. The predicted octanol–water partition coefficient (Wildman–Crippen LogP) is 3.31. The molecule has 0 saturated heterocycles. The topological polar surface area (TPSA) is 3.24 Å². The number of aryl methyl sites for hydroxylation is 2. The molecule has 0 spiro atoms. The maximum Gasteiger partial charge on any atom is 0.00555 e. The van der Waals surface area contributed by atoms with E-state index < -0.39 is 0 Å². The quantitative estimate of drug-likeness (QED) is 0.725. The van der Waals surface area contributed by atoms with Crippen molar-refractivity contribution in [2.45, 2.75) is 26.7 Å². The van der Waals surface area contributed by atoms with Gasteiger partial charge in [0.2, 0.25) is 0 Å². The smallest absolute Gasteiger partial charge is 0.00555 e. The number of hydrogen-bond acceptors (Lipinski definition) is 1. The van der Waals surface area contributed by atoms with Crippen molar-refractivity contribution in [2.75, 3.05) is 14.1 Å². The highest BCUT2D eigenvalue weighted by molar-refractivity contribution is 5.33. The Labute approximate surface area is 93.4 Å². The van der Waals surface area contributed by atoms with Crippen molar-refractivity contribution in [3.63, 3.8) is 0 Å². The van der Waals surface area contributed by atoms with Gasteiger partial charge in [-0.05, 0) is 49.6 Å². The third kappa shape index (κ3) is 3.78. The van der Waals surface area contributed by atoms with Crippen molar-refractivity contribution in [1.29, 1.82) is 0 Å². The molecule has 0 bridgehead atoms. The van der Waals surface area contributed by atoms with Crippen LogP contribution in [0, 0.1) is 13.8 Å². The van der Waals surface area contributed by atoms with Crippen molar-refractivity contribution < 1.29 is 0 Å². The van der Waals surface area contributed by atoms with E-state index in [1.54, 1.807) is 0 Å². The summed E-state index contributed by atoms with van der Waals surface area (Å²) in [6.07, 6.45) is 6.60. The molecule has 0 radical (unpaired) electrons. The van der Waals surface area contributed by atoms with Gasteiger partial charge >= 0.3 is 0 Å². The van der Waals surface area contributed by atoms with Crippen LogP contribution in [0.3, 0.4) is 0 Å². The van der Waals surface area contributed by atoms with Crippen LogP contribution in [0.2, 0.25) is 0 Å². The number of hydrogen-bond donors (Lipinski definition) is 0. The maximum atomic E-state index is 2.23. The summed E-state index contributed by atoms with van der Waals surface area (Å²) in [6, 6.07) is 6.51. The van der Waals surface area contributed by atoms with E-state index in [4.69, 9.17) is 0 Å². The van der Waals surface area contributed by atoms with Gasteiger partial charge in [-0.3, -0.25) is 0 Å². The second-order valence-corrected chi connectivity index (χ2v) is 4.26. The number of benzene rings is 1. The Bertz CT molecular complexity index is 317. The average Bonchev–Trinajstić information content (AvgIpc) is 2.15. The molecular formula is C14H21N. The van der Waals surface area contributed by atoms with Gasteiger partial charge in [-0.1, -0.05) is 24.3 Å². The van der Waals surface area contributed by atoms with Crippen LogP contribution in [0.25, 0.3) is 0 Å². The fraction of sp³-hybridized carbons (Fsp3) is 0.429. The van der Waals surface area contributed by atoms with Crippen LogP contribution in [0.4, 0.5) is 0 Å². The van der Waals surface area contributed by atoms with Crippen molar-refractivity contribution in [3.05, 3.63) is 47.2 Å². The molecule has 0 unspecified atom stereocenters. The van der Waals surface area contributed by atoms with E-state index in [2.05, 4.69) is 63.3 Å². The molecule has 0 fully saturated rings. The highest BCUT2D eigenvalue weighted by atomic mass is 15.0. The Morgan fingerprint density at radius 1 is 1.13 bits per heavy atom. The summed E-state index contributed by atoms with van der Waals surface area (Å²) >= 11 is 0. The Hall–Kier alpha value is -1.24. The lowest BCUT2D eigenvalue weighted by molar-refractivity contribution is 0.561. The standard InChI is InChI=1S/C14H21N/c1-12-8-7-9-13(2)14(12)10-5-6-11-15(3)4/h6-9,11H,5,10H2,1-4H3/b11-6+. The zero-order valence-electron chi connectivity index (χ0n) is 10.2. The average molecular weight is 203 g/mol. The van der Waals surface area contributed by atoms with Gasteiger partial charge in [0.1, 0.15) is 0 Å². The van der Waals surface area contributed by atoms with Crippen molar-refractivity contribution >= 4 is 0 Å². The van der Waals surface area contributed by atoms with Crippen LogP contribution in [-0.4, -0.2) is 19.0 Å². The first kappa shape index (κ1) is 11.8. The van der Waals surface area contributed by atoms with Gasteiger partial charge in [-0.25, -0.2) is 0 Å². The number of rotatable bonds is 4. The highest BCUT2D eigenvalue weighted by Crippen LogP contribution is 2.15. The molecule has 0 N–H and O–H groups in total. The van der Waals surface area contributed by atoms with Crippen LogP contribution in [0.1, 0.15) is 23.1 Å². The summed E-state index contributed by atoms with van der Waals surface area (Å²) in [6.45, 7) is 4.38. The molecule has 1 heteroatoms. The molecule has 0 atom stereocenters. The lowest BCUT2D eigenvalue weighted by atomic mass is 9.99. The van der Waals surface area contributed by atoms with E-state index in [-0.39, 0.29) is 0 Å². The molecule has 0 amide bonds. The number of nitrogens with zero attached hydrogens (tertiary/aromatic N) is 1. The van der Waals surface area contributed by atoms with Gasteiger partial charge in [-0.15, -0.1) is 0 Å². The Balaban J connectivity index is 2.58. The highest BCUT2D eigenvalue weighted by Gasteiger charge is 1.99.